The largest absolute Gasteiger partial charge is 0.388 e. The predicted molar refractivity (Wildman–Crippen MR) is 66.4 cm³/mol. The van der Waals surface area contributed by atoms with Crippen LogP contribution in [0.4, 0.5) is 17.6 Å². The zero-order valence-corrected chi connectivity index (χ0v) is 10.4. The number of aliphatic hydroxyl groups excluding tert-OH is 1. The van der Waals surface area contributed by atoms with Crippen molar-refractivity contribution in [1.29, 1.82) is 0 Å². The Morgan fingerprint density at radius 3 is 2.35 bits per heavy atom. The molecule has 5 heteroatoms. The summed E-state index contributed by atoms with van der Waals surface area (Å²) in [6.45, 7) is 0. The van der Waals surface area contributed by atoms with Gasteiger partial charge in [-0.2, -0.15) is 0 Å². The van der Waals surface area contributed by atoms with Crippen LogP contribution in [0.25, 0.3) is 0 Å². The van der Waals surface area contributed by atoms with Crippen molar-refractivity contribution in [2.75, 3.05) is 0 Å². The van der Waals surface area contributed by atoms with Crippen molar-refractivity contribution in [3.05, 3.63) is 70.8 Å². The molecule has 1 atom stereocenters. The van der Waals surface area contributed by atoms with Gasteiger partial charge in [0.25, 0.3) is 6.43 Å². The van der Waals surface area contributed by atoms with Crippen LogP contribution >= 0.6 is 0 Å². The van der Waals surface area contributed by atoms with Crippen molar-refractivity contribution < 1.29 is 22.7 Å². The molecule has 2 rings (SSSR count). The Labute approximate surface area is 113 Å². The first kappa shape index (κ1) is 14.5. The topological polar surface area (TPSA) is 20.2 Å². The molecule has 0 fully saturated rings. The number of benzene rings is 2. The Morgan fingerprint density at radius 1 is 0.950 bits per heavy atom. The fourth-order valence-corrected chi connectivity index (χ4v) is 1.93. The van der Waals surface area contributed by atoms with E-state index in [4.69, 9.17) is 0 Å². The zero-order chi connectivity index (χ0) is 14.7. The second-order valence-corrected chi connectivity index (χ2v) is 4.43. The molecule has 0 saturated carbocycles. The predicted octanol–water partition coefficient (Wildman–Crippen LogP) is 4.18. The molecule has 0 aliphatic heterocycles. The van der Waals surface area contributed by atoms with Crippen LogP contribution in [-0.2, 0) is 6.42 Å². The second-order valence-electron chi connectivity index (χ2n) is 4.43. The summed E-state index contributed by atoms with van der Waals surface area (Å²) < 4.78 is 51.6. The van der Waals surface area contributed by atoms with Gasteiger partial charge in [0.2, 0.25) is 0 Å². The van der Waals surface area contributed by atoms with Gasteiger partial charge in [0.05, 0.1) is 6.10 Å². The van der Waals surface area contributed by atoms with E-state index in [1.54, 1.807) is 0 Å². The first-order chi connectivity index (χ1) is 9.47. The molecular weight excluding hydrogens is 272 g/mol. The van der Waals surface area contributed by atoms with Crippen molar-refractivity contribution in [2.45, 2.75) is 19.0 Å². The van der Waals surface area contributed by atoms with Gasteiger partial charge in [-0.15, -0.1) is 0 Å². The Hall–Kier alpha value is -1.88. The van der Waals surface area contributed by atoms with E-state index in [-0.39, 0.29) is 23.1 Å². The maximum absolute atomic E-state index is 13.5. The summed E-state index contributed by atoms with van der Waals surface area (Å²) >= 11 is 0. The molecule has 0 bridgehead atoms. The summed E-state index contributed by atoms with van der Waals surface area (Å²) in [6, 6.07) is 8.18. The van der Waals surface area contributed by atoms with E-state index in [1.165, 1.54) is 18.2 Å². The lowest BCUT2D eigenvalue weighted by molar-refractivity contribution is 0.149. The maximum atomic E-state index is 13.5. The van der Waals surface area contributed by atoms with Crippen molar-refractivity contribution >= 4 is 0 Å². The van der Waals surface area contributed by atoms with Crippen LogP contribution in [0, 0.1) is 11.6 Å². The minimum atomic E-state index is -2.65. The summed E-state index contributed by atoms with van der Waals surface area (Å²) in [4.78, 5) is 0. The third-order valence-corrected chi connectivity index (χ3v) is 2.97. The molecule has 0 heterocycles. The Balaban J connectivity index is 2.21. The van der Waals surface area contributed by atoms with Gasteiger partial charge in [-0.1, -0.05) is 18.2 Å². The minimum absolute atomic E-state index is 0.0000463. The number of aliphatic hydroxyl groups is 1. The molecule has 0 radical (unpaired) electrons. The van der Waals surface area contributed by atoms with E-state index in [1.807, 2.05) is 0 Å². The Morgan fingerprint density at radius 2 is 1.65 bits per heavy atom. The minimum Gasteiger partial charge on any atom is -0.388 e. The van der Waals surface area contributed by atoms with Gasteiger partial charge in [0.15, 0.2) is 0 Å². The lowest BCUT2D eigenvalue weighted by Crippen LogP contribution is -2.04. The van der Waals surface area contributed by atoms with Gasteiger partial charge in [-0.25, -0.2) is 17.6 Å². The molecule has 2 aromatic carbocycles. The second kappa shape index (κ2) is 6.05. The molecule has 106 valence electrons. The maximum Gasteiger partial charge on any atom is 0.263 e. The highest BCUT2D eigenvalue weighted by atomic mass is 19.3. The van der Waals surface area contributed by atoms with Crippen molar-refractivity contribution in [1.82, 2.24) is 0 Å². The summed E-state index contributed by atoms with van der Waals surface area (Å²) in [5.74, 6) is -1.26. The molecule has 1 nitrogen and oxygen atoms in total. The van der Waals surface area contributed by atoms with E-state index in [0.717, 1.165) is 24.3 Å². The van der Waals surface area contributed by atoms with Crippen molar-refractivity contribution in [2.24, 2.45) is 0 Å². The quantitative estimate of drug-likeness (QED) is 0.835. The highest BCUT2D eigenvalue weighted by Gasteiger charge is 2.15. The molecule has 1 unspecified atom stereocenters. The van der Waals surface area contributed by atoms with E-state index in [9.17, 15) is 22.7 Å². The number of hydrogen-bond acceptors (Lipinski definition) is 1. The third-order valence-electron chi connectivity index (χ3n) is 2.97. The van der Waals surface area contributed by atoms with Gasteiger partial charge in [-0.05, 0) is 35.4 Å². The molecule has 0 spiro atoms. The lowest BCUT2D eigenvalue weighted by Gasteiger charge is -2.13. The van der Waals surface area contributed by atoms with E-state index in [0.29, 0.717) is 0 Å². The highest BCUT2D eigenvalue weighted by Crippen LogP contribution is 2.25. The number of rotatable bonds is 4. The molecule has 0 aliphatic carbocycles. The van der Waals surface area contributed by atoms with Crippen LogP contribution in [-0.4, -0.2) is 5.11 Å². The van der Waals surface area contributed by atoms with Gasteiger partial charge in [0, 0.05) is 12.0 Å². The summed E-state index contributed by atoms with van der Waals surface area (Å²) in [5.41, 5.74) is 0.0210. The fourth-order valence-electron chi connectivity index (χ4n) is 1.93. The van der Waals surface area contributed by atoms with E-state index < -0.39 is 24.2 Å². The van der Waals surface area contributed by atoms with Gasteiger partial charge in [0.1, 0.15) is 11.6 Å². The van der Waals surface area contributed by atoms with Crippen LogP contribution in [0.15, 0.2) is 42.5 Å². The molecule has 0 aromatic heterocycles. The van der Waals surface area contributed by atoms with Gasteiger partial charge in [-0.3, -0.25) is 0 Å². The standard InChI is InChI=1S/C15H12F4O/c16-12-4-5-13(17)11(7-12)8-14(20)9-2-1-3-10(6-9)15(18)19/h1-7,14-15,20H,8H2. The summed E-state index contributed by atoms with van der Waals surface area (Å²) in [7, 11) is 0. The lowest BCUT2D eigenvalue weighted by atomic mass is 9.99. The van der Waals surface area contributed by atoms with Gasteiger partial charge < -0.3 is 5.11 Å². The van der Waals surface area contributed by atoms with Crippen LogP contribution < -0.4 is 0 Å². The average Bonchev–Trinajstić information content (AvgIpc) is 2.43. The normalized spacial score (nSPS) is 12.7. The van der Waals surface area contributed by atoms with Crippen LogP contribution in [0.3, 0.4) is 0 Å². The summed E-state index contributed by atoms with van der Waals surface area (Å²) in [6.07, 6.45) is -4.01. The van der Waals surface area contributed by atoms with Crippen LogP contribution in [0.1, 0.15) is 29.2 Å². The first-order valence-corrected chi connectivity index (χ1v) is 5.97. The zero-order valence-electron chi connectivity index (χ0n) is 10.4. The number of alkyl halides is 2. The van der Waals surface area contributed by atoms with E-state index in [2.05, 4.69) is 0 Å². The van der Waals surface area contributed by atoms with E-state index >= 15 is 0 Å². The average molecular weight is 284 g/mol. The first-order valence-electron chi connectivity index (χ1n) is 5.97. The summed E-state index contributed by atoms with van der Waals surface area (Å²) in [5, 5.41) is 9.96. The molecular formula is C15H12F4O. The number of hydrogen-bond donors (Lipinski definition) is 1. The highest BCUT2D eigenvalue weighted by molar-refractivity contribution is 5.28. The third kappa shape index (κ3) is 3.36. The smallest absolute Gasteiger partial charge is 0.263 e. The van der Waals surface area contributed by atoms with Gasteiger partial charge >= 0.3 is 0 Å². The molecule has 20 heavy (non-hydrogen) atoms. The molecule has 2 aromatic rings. The molecule has 0 aliphatic rings. The Kier molecular flexibility index (Phi) is 4.39. The SMILES string of the molecule is OC(Cc1cc(F)ccc1F)c1cccc(C(F)F)c1. The molecule has 1 N–H and O–H groups in total. The van der Waals surface area contributed by atoms with Crippen molar-refractivity contribution in [3.8, 4) is 0 Å². The van der Waals surface area contributed by atoms with Crippen LogP contribution in [0.2, 0.25) is 0 Å². The van der Waals surface area contributed by atoms with Crippen LogP contribution in [0.5, 0.6) is 0 Å². The molecule has 0 saturated heterocycles. The fraction of sp³-hybridized carbons (Fsp3) is 0.200. The Bertz CT molecular complexity index is 598. The molecule has 0 amide bonds. The number of halogens is 4. The monoisotopic (exact) mass is 284 g/mol. The van der Waals surface area contributed by atoms with Crippen molar-refractivity contribution in [3.63, 3.8) is 0 Å².